The average Bonchev–Trinajstić information content (AvgIpc) is 2.35. The second-order valence-corrected chi connectivity index (χ2v) is 3.81. The Morgan fingerprint density at radius 1 is 1.92 bits per heavy atom. The van der Waals surface area contributed by atoms with Crippen LogP contribution in [0.2, 0.25) is 4.34 Å². The Kier molecular flexibility index (Phi) is 2.99. The van der Waals surface area contributed by atoms with Crippen molar-refractivity contribution in [3.63, 3.8) is 0 Å². The van der Waals surface area contributed by atoms with Gasteiger partial charge in [0.2, 0.25) is 6.17 Å². The molecule has 0 aromatic carbocycles. The van der Waals surface area contributed by atoms with Gasteiger partial charge in [-0.15, -0.1) is 11.3 Å². The zero-order chi connectivity index (χ0) is 9.14. The lowest BCUT2D eigenvalue weighted by Crippen LogP contribution is -2.16. The Balaban J connectivity index is 2.58. The van der Waals surface area contributed by atoms with Gasteiger partial charge in [0.25, 0.3) is 0 Å². The molecule has 1 N–H and O–H groups in total. The standard InChI is InChI=1S/C6H5ClFNO2S/c7-4-2-9-5(12-4)1-3(8)6(10)11/h2-3H,1H2,(H,10,11). The summed E-state index contributed by atoms with van der Waals surface area (Å²) in [5.74, 6) is -1.47. The molecule has 0 fully saturated rings. The number of aromatic nitrogens is 1. The zero-order valence-electron chi connectivity index (χ0n) is 5.83. The van der Waals surface area contributed by atoms with Crippen LogP contribution in [0.25, 0.3) is 0 Å². The van der Waals surface area contributed by atoms with E-state index in [-0.39, 0.29) is 6.42 Å². The summed E-state index contributed by atoms with van der Waals surface area (Å²) in [4.78, 5) is 13.8. The Labute approximate surface area is 76.8 Å². The van der Waals surface area contributed by atoms with Crippen molar-refractivity contribution >= 4 is 28.9 Å². The van der Waals surface area contributed by atoms with Crippen molar-refractivity contribution in [3.05, 3.63) is 15.5 Å². The van der Waals surface area contributed by atoms with Crippen LogP contribution in [0.4, 0.5) is 4.39 Å². The van der Waals surface area contributed by atoms with Crippen LogP contribution in [0.3, 0.4) is 0 Å². The minimum atomic E-state index is -1.90. The summed E-state index contributed by atoms with van der Waals surface area (Å²) in [6.45, 7) is 0. The number of nitrogens with zero attached hydrogens (tertiary/aromatic N) is 1. The molecule has 0 saturated heterocycles. The summed E-state index contributed by atoms with van der Waals surface area (Å²) < 4.78 is 13.0. The van der Waals surface area contributed by atoms with Gasteiger partial charge in [0.05, 0.1) is 11.2 Å². The molecule has 0 saturated carbocycles. The van der Waals surface area contributed by atoms with Gasteiger partial charge in [-0.1, -0.05) is 11.6 Å². The largest absolute Gasteiger partial charge is 0.479 e. The first-order valence-electron chi connectivity index (χ1n) is 3.06. The Hall–Kier alpha value is -0.680. The van der Waals surface area contributed by atoms with E-state index in [0.29, 0.717) is 9.34 Å². The van der Waals surface area contributed by atoms with Gasteiger partial charge in [-0.2, -0.15) is 0 Å². The van der Waals surface area contributed by atoms with Gasteiger partial charge in [-0.25, -0.2) is 14.2 Å². The molecule has 0 radical (unpaired) electrons. The normalized spacial score (nSPS) is 12.8. The van der Waals surface area contributed by atoms with E-state index in [1.807, 2.05) is 0 Å². The minimum absolute atomic E-state index is 0.216. The smallest absolute Gasteiger partial charge is 0.338 e. The molecule has 0 aliphatic heterocycles. The molecule has 6 heteroatoms. The number of aliphatic carboxylic acids is 1. The number of alkyl halides is 1. The molecule has 1 heterocycles. The van der Waals surface area contributed by atoms with Gasteiger partial charge >= 0.3 is 5.97 Å². The third-order valence-electron chi connectivity index (χ3n) is 1.15. The number of thiazole rings is 1. The third-order valence-corrected chi connectivity index (χ3v) is 2.28. The van der Waals surface area contributed by atoms with Gasteiger partial charge < -0.3 is 5.11 Å². The minimum Gasteiger partial charge on any atom is -0.479 e. The van der Waals surface area contributed by atoms with Gasteiger partial charge in [-0.3, -0.25) is 0 Å². The molecule has 0 aliphatic carbocycles. The summed E-state index contributed by atoms with van der Waals surface area (Å²) in [5.41, 5.74) is 0. The number of carbonyl (C=O) groups is 1. The number of hydrogen-bond donors (Lipinski definition) is 1. The summed E-state index contributed by atoms with van der Waals surface area (Å²) in [5, 5.41) is 8.62. The molecule has 3 nitrogen and oxygen atoms in total. The summed E-state index contributed by atoms with van der Waals surface area (Å²) in [6.07, 6.45) is -0.740. The molecule has 0 bridgehead atoms. The summed E-state index contributed by atoms with van der Waals surface area (Å²) >= 11 is 6.59. The third kappa shape index (κ3) is 2.42. The fourth-order valence-electron chi connectivity index (χ4n) is 0.623. The fraction of sp³-hybridized carbons (Fsp3) is 0.333. The number of rotatable bonds is 3. The van der Waals surface area contributed by atoms with Crippen molar-refractivity contribution in [1.82, 2.24) is 4.98 Å². The van der Waals surface area contributed by atoms with Crippen molar-refractivity contribution in [2.75, 3.05) is 0 Å². The van der Waals surface area contributed by atoms with E-state index in [9.17, 15) is 9.18 Å². The Morgan fingerprint density at radius 2 is 2.58 bits per heavy atom. The van der Waals surface area contributed by atoms with Gasteiger partial charge in [-0.05, 0) is 0 Å². The molecule has 1 unspecified atom stereocenters. The molecule has 1 rings (SSSR count). The molecule has 0 amide bonds. The first-order chi connectivity index (χ1) is 5.59. The van der Waals surface area contributed by atoms with E-state index in [1.165, 1.54) is 6.20 Å². The van der Waals surface area contributed by atoms with E-state index in [0.717, 1.165) is 11.3 Å². The highest BCUT2D eigenvalue weighted by molar-refractivity contribution is 7.15. The van der Waals surface area contributed by atoms with Crippen LogP contribution in [-0.4, -0.2) is 22.2 Å². The molecule has 0 aliphatic rings. The maximum atomic E-state index is 12.5. The first-order valence-corrected chi connectivity index (χ1v) is 4.26. The van der Waals surface area contributed by atoms with Crippen molar-refractivity contribution in [3.8, 4) is 0 Å². The van der Waals surface area contributed by atoms with Gasteiger partial charge in [0.1, 0.15) is 4.34 Å². The maximum Gasteiger partial charge on any atom is 0.338 e. The number of carboxylic acids is 1. The van der Waals surface area contributed by atoms with E-state index in [4.69, 9.17) is 16.7 Å². The van der Waals surface area contributed by atoms with Crippen molar-refractivity contribution in [2.24, 2.45) is 0 Å². The molecule has 12 heavy (non-hydrogen) atoms. The lowest BCUT2D eigenvalue weighted by atomic mass is 10.3. The quantitative estimate of drug-likeness (QED) is 0.826. The summed E-state index contributed by atoms with van der Waals surface area (Å²) in [7, 11) is 0. The molecule has 1 aromatic heterocycles. The van der Waals surface area contributed by atoms with Gasteiger partial charge in [0.15, 0.2) is 0 Å². The van der Waals surface area contributed by atoms with Crippen LogP contribution in [0.1, 0.15) is 5.01 Å². The lowest BCUT2D eigenvalue weighted by molar-refractivity contribution is -0.142. The lowest BCUT2D eigenvalue weighted by Gasteiger charge is -1.97. The van der Waals surface area contributed by atoms with Crippen molar-refractivity contribution in [2.45, 2.75) is 12.6 Å². The van der Waals surface area contributed by atoms with Gasteiger partial charge in [0, 0.05) is 6.42 Å². The highest BCUT2D eigenvalue weighted by Crippen LogP contribution is 2.19. The molecule has 66 valence electrons. The molecule has 0 spiro atoms. The first kappa shape index (κ1) is 9.41. The summed E-state index contributed by atoms with van der Waals surface area (Å²) in [6, 6.07) is 0. The SMILES string of the molecule is O=C(O)C(F)Cc1ncc(Cl)s1. The predicted molar refractivity (Wildman–Crippen MR) is 43.4 cm³/mol. The van der Waals surface area contributed by atoms with Crippen LogP contribution in [0.15, 0.2) is 6.20 Å². The Morgan fingerprint density at radius 3 is 3.00 bits per heavy atom. The van der Waals surface area contributed by atoms with E-state index in [2.05, 4.69) is 4.98 Å². The maximum absolute atomic E-state index is 12.5. The molecular formula is C6H5ClFNO2S. The highest BCUT2D eigenvalue weighted by atomic mass is 35.5. The van der Waals surface area contributed by atoms with E-state index >= 15 is 0 Å². The molecule has 1 atom stereocenters. The van der Waals surface area contributed by atoms with E-state index in [1.54, 1.807) is 0 Å². The van der Waals surface area contributed by atoms with E-state index < -0.39 is 12.1 Å². The van der Waals surface area contributed by atoms with Crippen LogP contribution < -0.4 is 0 Å². The number of halogens is 2. The van der Waals surface area contributed by atoms with Crippen LogP contribution in [0, 0.1) is 0 Å². The van der Waals surface area contributed by atoms with Crippen LogP contribution >= 0.6 is 22.9 Å². The molecular weight excluding hydrogens is 205 g/mol. The van der Waals surface area contributed by atoms with Crippen molar-refractivity contribution < 1.29 is 14.3 Å². The van der Waals surface area contributed by atoms with Crippen molar-refractivity contribution in [1.29, 1.82) is 0 Å². The highest BCUT2D eigenvalue weighted by Gasteiger charge is 2.17. The fourth-order valence-corrected chi connectivity index (χ4v) is 1.60. The Bertz CT molecular complexity index is 291. The molecule has 1 aromatic rings. The second-order valence-electron chi connectivity index (χ2n) is 2.07. The number of carboxylic acid groups (broad SMARTS) is 1. The zero-order valence-corrected chi connectivity index (χ0v) is 7.40. The van der Waals surface area contributed by atoms with Crippen LogP contribution in [-0.2, 0) is 11.2 Å². The van der Waals surface area contributed by atoms with Crippen LogP contribution in [0.5, 0.6) is 0 Å². The predicted octanol–water partition coefficient (Wildman–Crippen LogP) is 1.76. The second kappa shape index (κ2) is 3.82. The monoisotopic (exact) mass is 209 g/mol. The topological polar surface area (TPSA) is 50.2 Å². The average molecular weight is 210 g/mol. The number of hydrogen-bond acceptors (Lipinski definition) is 3.